The predicted molar refractivity (Wildman–Crippen MR) is 85.1 cm³/mol. The lowest BCUT2D eigenvalue weighted by Crippen LogP contribution is -2.10. The molecule has 2 aromatic heterocycles. The van der Waals surface area contributed by atoms with Crippen LogP contribution in [-0.2, 0) is 12.8 Å². The van der Waals surface area contributed by atoms with Gasteiger partial charge in [-0.1, -0.05) is 13.8 Å². The van der Waals surface area contributed by atoms with Crippen LogP contribution >= 0.6 is 22.7 Å². The molecule has 0 atom stereocenters. The summed E-state index contributed by atoms with van der Waals surface area (Å²) in [5.74, 6) is 0.375. The van der Waals surface area contributed by atoms with Crippen LogP contribution < -0.4 is 5.32 Å². The molecule has 1 N–H and O–H groups in total. The maximum atomic E-state index is 12.3. The van der Waals surface area contributed by atoms with Crippen molar-refractivity contribution in [2.24, 2.45) is 0 Å². The maximum Gasteiger partial charge on any atom is 0.267 e. The van der Waals surface area contributed by atoms with Crippen molar-refractivity contribution in [2.75, 3.05) is 5.32 Å². The number of hydrogen-bond donors (Lipinski definition) is 1. The van der Waals surface area contributed by atoms with Crippen LogP contribution in [0.4, 0.5) is 5.13 Å². The van der Waals surface area contributed by atoms with Gasteiger partial charge in [0, 0.05) is 10.3 Å². The average molecular weight is 306 g/mol. The molecule has 0 radical (unpaired) electrons. The predicted octanol–water partition coefficient (Wildman–Crippen LogP) is 4.46. The van der Waals surface area contributed by atoms with E-state index in [-0.39, 0.29) is 5.91 Å². The molecule has 1 amide bonds. The molecule has 0 aromatic carbocycles. The molecule has 0 saturated carbocycles. The first-order chi connectivity index (χ1) is 9.63. The molecule has 2 aromatic rings. The highest BCUT2D eigenvalue weighted by Gasteiger charge is 2.18. The highest BCUT2D eigenvalue weighted by Crippen LogP contribution is 2.30. The van der Waals surface area contributed by atoms with Gasteiger partial charge in [0.2, 0.25) is 0 Å². The fourth-order valence-electron chi connectivity index (χ4n) is 2.37. The molecule has 0 saturated heterocycles. The standard InChI is InChI=1S/C15H18N2OS2/c1-9(2)11-8-19-15(16-11)17-14(18)13-7-10-5-3-4-6-12(10)20-13/h7-9H,3-6H2,1-2H3,(H,16,17,18). The van der Waals surface area contributed by atoms with E-state index in [9.17, 15) is 4.79 Å². The van der Waals surface area contributed by atoms with Crippen molar-refractivity contribution in [3.63, 3.8) is 0 Å². The number of fused-ring (bicyclic) bond motifs is 1. The second kappa shape index (κ2) is 5.66. The van der Waals surface area contributed by atoms with Gasteiger partial charge in [-0.05, 0) is 43.2 Å². The largest absolute Gasteiger partial charge is 0.297 e. The Kier molecular flexibility index (Phi) is 3.89. The second-order valence-electron chi connectivity index (χ2n) is 5.45. The van der Waals surface area contributed by atoms with Crippen molar-refractivity contribution in [3.8, 4) is 0 Å². The van der Waals surface area contributed by atoms with Gasteiger partial charge in [-0.3, -0.25) is 10.1 Å². The third kappa shape index (κ3) is 2.79. The number of amides is 1. The smallest absolute Gasteiger partial charge is 0.267 e. The summed E-state index contributed by atoms with van der Waals surface area (Å²) in [7, 11) is 0. The fraction of sp³-hybridized carbons (Fsp3) is 0.467. The summed E-state index contributed by atoms with van der Waals surface area (Å²) in [5, 5.41) is 5.63. The van der Waals surface area contributed by atoms with Crippen LogP contribution in [-0.4, -0.2) is 10.9 Å². The highest BCUT2D eigenvalue weighted by molar-refractivity contribution is 7.15. The summed E-state index contributed by atoms with van der Waals surface area (Å²) in [6, 6.07) is 2.06. The van der Waals surface area contributed by atoms with Crippen molar-refractivity contribution in [3.05, 3.63) is 32.5 Å². The van der Waals surface area contributed by atoms with Crippen LogP contribution in [0.3, 0.4) is 0 Å². The zero-order valence-corrected chi connectivity index (χ0v) is 13.4. The maximum absolute atomic E-state index is 12.3. The number of anilines is 1. The Hall–Kier alpha value is -1.20. The zero-order valence-electron chi connectivity index (χ0n) is 11.7. The first-order valence-corrected chi connectivity index (χ1v) is 8.71. The van der Waals surface area contributed by atoms with E-state index in [2.05, 4.69) is 30.2 Å². The van der Waals surface area contributed by atoms with Crippen LogP contribution in [0, 0.1) is 0 Å². The number of thiazole rings is 1. The third-order valence-electron chi connectivity index (χ3n) is 3.55. The molecule has 5 heteroatoms. The Bertz CT molecular complexity index is 604. The zero-order chi connectivity index (χ0) is 14.1. The molecular formula is C15H18N2OS2. The molecule has 106 valence electrons. The van der Waals surface area contributed by atoms with E-state index >= 15 is 0 Å². The number of carbonyl (C=O) groups excluding carboxylic acids is 1. The molecule has 1 aliphatic carbocycles. The van der Waals surface area contributed by atoms with Gasteiger partial charge in [0.05, 0.1) is 10.6 Å². The lowest BCUT2D eigenvalue weighted by molar-refractivity contribution is 0.103. The number of thiophene rings is 1. The Labute approximate surface area is 127 Å². The molecule has 3 nitrogen and oxygen atoms in total. The quantitative estimate of drug-likeness (QED) is 0.909. The van der Waals surface area contributed by atoms with E-state index in [1.165, 1.54) is 34.6 Å². The van der Waals surface area contributed by atoms with E-state index in [1.807, 2.05) is 5.38 Å². The number of aromatic nitrogens is 1. The first-order valence-electron chi connectivity index (χ1n) is 7.02. The summed E-state index contributed by atoms with van der Waals surface area (Å²) in [4.78, 5) is 18.9. The van der Waals surface area contributed by atoms with Crippen molar-refractivity contribution in [2.45, 2.75) is 45.4 Å². The van der Waals surface area contributed by atoms with E-state index in [1.54, 1.807) is 11.3 Å². The molecule has 0 aliphatic heterocycles. The second-order valence-corrected chi connectivity index (χ2v) is 7.45. The van der Waals surface area contributed by atoms with Gasteiger partial charge in [-0.15, -0.1) is 22.7 Å². The van der Waals surface area contributed by atoms with Gasteiger partial charge in [-0.25, -0.2) is 4.98 Å². The van der Waals surface area contributed by atoms with Crippen LogP contribution in [0.25, 0.3) is 0 Å². The summed E-state index contributed by atoms with van der Waals surface area (Å²) in [6.45, 7) is 4.21. The Morgan fingerprint density at radius 1 is 1.35 bits per heavy atom. The molecular weight excluding hydrogens is 288 g/mol. The molecule has 0 fully saturated rings. The number of aryl methyl sites for hydroxylation is 2. The molecule has 3 rings (SSSR count). The number of rotatable bonds is 3. The van der Waals surface area contributed by atoms with Crippen LogP contribution in [0.2, 0.25) is 0 Å². The normalized spacial score (nSPS) is 14.3. The van der Waals surface area contributed by atoms with Crippen LogP contribution in [0.15, 0.2) is 11.4 Å². The van der Waals surface area contributed by atoms with Crippen LogP contribution in [0.1, 0.15) is 58.4 Å². The first kappa shape index (κ1) is 13.8. The fourth-order valence-corrected chi connectivity index (χ4v) is 4.39. The van der Waals surface area contributed by atoms with Gasteiger partial charge < -0.3 is 0 Å². The van der Waals surface area contributed by atoms with Crippen molar-refractivity contribution in [1.29, 1.82) is 0 Å². The number of nitrogens with zero attached hydrogens (tertiary/aromatic N) is 1. The van der Waals surface area contributed by atoms with Gasteiger partial charge in [0.1, 0.15) is 0 Å². The molecule has 1 aliphatic rings. The van der Waals surface area contributed by atoms with Gasteiger partial charge >= 0.3 is 0 Å². The Morgan fingerprint density at radius 2 is 2.15 bits per heavy atom. The van der Waals surface area contributed by atoms with E-state index in [0.29, 0.717) is 11.0 Å². The van der Waals surface area contributed by atoms with Gasteiger partial charge in [0.25, 0.3) is 5.91 Å². The minimum atomic E-state index is -0.0194. The third-order valence-corrected chi connectivity index (χ3v) is 5.57. The topological polar surface area (TPSA) is 42.0 Å². The monoisotopic (exact) mass is 306 g/mol. The van der Waals surface area contributed by atoms with Crippen LogP contribution in [0.5, 0.6) is 0 Å². The molecule has 2 heterocycles. The molecule has 0 spiro atoms. The average Bonchev–Trinajstić information content (AvgIpc) is 3.04. The number of carbonyl (C=O) groups is 1. The van der Waals surface area contributed by atoms with E-state index < -0.39 is 0 Å². The van der Waals surface area contributed by atoms with Crippen molar-refractivity contribution >= 4 is 33.7 Å². The molecule has 0 bridgehead atoms. The molecule has 0 unspecified atom stereocenters. The number of nitrogens with one attached hydrogen (secondary N) is 1. The minimum absolute atomic E-state index is 0.0194. The van der Waals surface area contributed by atoms with Gasteiger partial charge in [-0.2, -0.15) is 0 Å². The van der Waals surface area contributed by atoms with Gasteiger partial charge in [0.15, 0.2) is 5.13 Å². The number of hydrogen-bond acceptors (Lipinski definition) is 4. The SMILES string of the molecule is CC(C)c1csc(NC(=O)c2cc3c(s2)CCCC3)n1. The van der Waals surface area contributed by atoms with E-state index in [4.69, 9.17) is 0 Å². The molecule has 20 heavy (non-hydrogen) atoms. The van der Waals surface area contributed by atoms with E-state index in [0.717, 1.165) is 23.4 Å². The van der Waals surface area contributed by atoms with Crippen molar-refractivity contribution in [1.82, 2.24) is 4.98 Å². The Balaban J connectivity index is 1.73. The highest BCUT2D eigenvalue weighted by atomic mass is 32.1. The lowest BCUT2D eigenvalue weighted by atomic mass is 9.99. The summed E-state index contributed by atoms with van der Waals surface area (Å²) < 4.78 is 0. The Morgan fingerprint density at radius 3 is 2.85 bits per heavy atom. The summed E-state index contributed by atoms with van der Waals surface area (Å²) >= 11 is 3.14. The van der Waals surface area contributed by atoms with Crippen molar-refractivity contribution < 1.29 is 4.79 Å². The summed E-state index contributed by atoms with van der Waals surface area (Å²) in [6.07, 6.45) is 4.74. The summed E-state index contributed by atoms with van der Waals surface area (Å²) in [5.41, 5.74) is 2.41. The lowest BCUT2D eigenvalue weighted by Gasteiger charge is -2.08. The minimum Gasteiger partial charge on any atom is -0.297 e.